The normalized spacial score (nSPS) is 16.8. The van der Waals surface area contributed by atoms with Crippen LogP contribution in [0.5, 0.6) is 0 Å². The van der Waals surface area contributed by atoms with Gasteiger partial charge in [-0.15, -0.1) is 0 Å². The number of nitrogens with two attached hydrogens (primary N) is 1. The van der Waals surface area contributed by atoms with Gasteiger partial charge in [0.2, 0.25) is 7.37 Å². The van der Waals surface area contributed by atoms with E-state index in [1.165, 1.54) is 0 Å². The molecule has 0 spiro atoms. The Kier molecular flexibility index (Phi) is 6.81. The van der Waals surface area contributed by atoms with Crippen LogP contribution >= 0.6 is 7.37 Å². The first-order valence-electron chi connectivity index (χ1n) is 5.10. The van der Waals surface area contributed by atoms with E-state index in [1.54, 1.807) is 13.8 Å². The largest absolute Gasteiger partial charge is 0.466 e. The number of hydrogen-bond donors (Lipinski definition) is 2. The summed E-state index contributed by atoms with van der Waals surface area (Å²) in [5, 5.41) is 0. The monoisotopic (exact) mass is 237 g/mol. The van der Waals surface area contributed by atoms with E-state index in [0.717, 1.165) is 0 Å². The van der Waals surface area contributed by atoms with Crippen molar-refractivity contribution in [2.75, 3.05) is 25.5 Å². The smallest absolute Gasteiger partial charge is 0.309 e. The maximum Gasteiger partial charge on any atom is 0.309 e. The Balaban J connectivity index is 4.08. The second kappa shape index (κ2) is 6.99. The Bertz CT molecular complexity index is 244. The van der Waals surface area contributed by atoms with E-state index in [4.69, 9.17) is 10.5 Å². The van der Waals surface area contributed by atoms with Gasteiger partial charge in [-0.25, -0.2) is 0 Å². The van der Waals surface area contributed by atoms with Gasteiger partial charge in [-0.1, -0.05) is 6.92 Å². The predicted octanol–water partition coefficient (Wildman–Crippen LogP) is 0.805. The van der Waals surface area contributed by atoms with Crippen molar-refractivity contribution in [3.05, 3.63) is 0 Å². The van der Waals surface area contributed by atoms with Crippen LogP contribution in [0.25, 0.3) is 0 Å². The summed E-state index contributed by atoms with van der Waals surface area (Å²) >= 11 is 0. The number of hydrogen-bond acceptors (Lipinski definition) is 4. The van der Waals surface area contributed by atoms with Crippen molar-refractivity contribution in [3.8, 4) is 0 Å². The molecule has 0 aromatic heterocycles. The average Bonchev–Trinajstić information content (AvgIpc) is 2.14. The predicted molar refractivity (Wildman–Crippen MR) is 59.0 cm³/mol. The molecule has 6 heteroatoms. The third-order valence-electron chi connectivity index (χ3n) is 1.96. The highest BCUT2D eigenvalue weighted by atomic mass is 31.2. The van der Waals surface area contributed by atoms with Crippen LogP contribution in [0.1, 0.15) is 20.3 Å². The topological polar surface area (TPSA) is 89.6 Å². The zero-order valence-corrected chi connectivity index (χ0v) is 10.2. The molecule has 5 nitrogen and oxygen atoms in total. The molecule has 0 aliphatic heterocycles. The zero-order chi connectivity index (χ0) is 11.9. The summed E-state index contributed by atoms with van der Waals surface area (Å²) in [6, 6.07) is 0. The van der Waals surface area contributed by atoms with Crippen LogP contribution in [0.3, 0.4) is 0 Å². The molecule has 0 aromatic carbocycles. The summed E-state index contributed by atoms with van der Waals surface area (Å²) in [7, 11) is -3.22. The van der Waals surface area contributed by atoms with E-state index in [1.807, 2.05) is 0 Å². The van der Waals surface area contributed by atoms with Gasteiger partial charge in [-0.2, -0.15) is 0 Å². The van der Waals surface area contributed by atoms with Gasteiger partial charge in [-0.05, 0) is 19.9 Å². The molecule has 0 aliphatic carbocycles. The summed E-state index contributed by atoms with van der Waals surface area (Å²) in [5.41, 5.74) is 5.25. The Morgan fingerprint density at radius 3 is 2.67 bits per heavy atom. The van der Waals surface area contributed by atoms with Crippen molar-refractivity contribution in [2.45, 2.75) is 20.3 Å². The van der Waals surface area contributed by atoms with E-state index >= 15 is 0 Å². The standard InChI is InChI=1S/C9H20NO4P/c1-3-14-9(11)8(2)7-15(12,13)6-4-5-10/h8H,3-7,10H2,1-2H3,(H,12,13). The minimum atomic E-state index is -3.22. The van der Waals surface area contributed by atoms with Crippen LogP contribution in [0, 0.1) is 5.92 Å². The summed E-state index contributed by atoms with van der Waals surface area (Å²) in [4.78, 5) is 20.7. The van der Waals surface area contributed by atoms with Gasteiger partial charge in [-0.3, -0.25) is 9.36 Å². The third kappa shape index (κ3) is 6.66. The highest BCUT2D eigenvalue weighted by Crippen LogP contribution is 2.42. The van der Waals surface area contributed by atoms with Gasteiger partial charge in [0.05, 0.1) is 12.5 Å². The minimum absolute atomic E-state index is 0.0220. The minimum Gasteiger partial charge on any atom is -0.466 e. The molecule has 0 bridgehead atoms. The molecule has 0 rings (SSSR count). The molecule has 0 aliphatic rings. The Morgan fingerprint density at radius 1 is 1.60 bits per heavy atom. The Labute approximate surface area is 90.4 Å². The van der Waals surface area contributed by atoms with Crippen molar-refractivity contribution >= 4 is 13.3 Å². The quantitative estimate of drug-likeness (QED) is 0.505. The molecule has 0 fully saturated rings. The molecule has 90 valence electrons. The molecular weight excluding hydrogens is 217 g/mol. The van der Waals surface area contributed by atoms with Crippen molar-refractivity contribution in [3.63, 3.8) is 0 Å². The maximum absolute atomic E-state index is 11.6. The molecule has 0 amide bonds. The fraction of sp³-hybridized carbons (Fsp3) is 0.889. The van der Waals surface area contributed by atoms with Crippen molar-refractivity contribution in [1.82, 2.24) is 0 Å². The highest BCUT2D eigenvalue weighted by molar-refractivity contribution is 7.58. The first kappa shape index (κ1) is 14.6. The van der Waals surface area contributed by atoms with Gasteiger partial charge in [0, 0.05) is 12.3 Å². The van der Waals surface area contributed by atoms with Crippen molar-refractivity contribution < 1.29 is 19.0 Å². The molecule has 3 N–H and O–H groups in total. The van der Waals surface area contributed by atoms with Crippen LogP contribution in [0.2, 0.25) is 0 Å². The molecule has 2 atom stereocenters. The zero-order valence-electron chi connectivity index (χ0n) is 9.31. The number of rotatable bonds is 7. The summed E-state index contributed by atoms with van der Waals surface area (Å²) < 4.78 is 16.3. The van der Waals surface area contributed by atoms with Crippen molar-refractivity contribution in [2.24, 2.45) is 11.7 Å². The van der Waals surface area contributed by atoms with E-state index in [-0.39, 0.29) is 12.3 Å². The van der Waals surface area contributed by atoms with Crippen LogP contribution in [-0.2, 0) is 14.1 Å². The third-order valence-corrected chi connectivity index (χ3v) is 4.09. The van der Waals surface area contributed by atoms with Gasteiger partial charge < -0.3 is 15.4 Å². The lowest BCUT2D eigenvalue weighted by Gasteiger charge is -2.15. The van der Waals surface area contributed by atoms with E-state index < -0.39 is 19.3 Å². The fourth-order valence-electron chi connectivity index (χ4n) is 1.22. The van der Waals surface area contributed by atoms with E-state index in [0.29, 0.717) is 19.6 Å². The van der Waals surface area contributed by atoms with Gasteiger partial charge in [0.15, 0.2) is 0 Å². The second-order valence-electron chi connectivity index (χ2n) is 3.55. The highest BCUT2D eigenvalue weighted by Gasteiger charge is 2.25. The second-order valence-corrected chi connectivity index (χ2v) is 6.05. The number of carbonyl (C=O) groups excluding carboxylic acids is 1. The number of carbonyl (C=O) groups is 1. The molecule has 0 heterocycles. The lowest BCUT2D eigenvalue weighted by atomic mass is 10.2. The average molecular weight is 237 g/mol. The molecule has 0 saturated heterocycles. The molecule has 15 heavy (non-hydrogen) atoms. The Hall–Kier alpha value is -0.380. The van der Waals surface area contributed by atoms with Crippen LogP contribution in [0.15, 0.2) is 0 Å². The molecule has 0 saturated carbocycles. The Morgan fingerprint density at radius 2 is 2.20 bits per heavy atom. The fourth-order valence-corrected chi connectivity index (χ4v) is 3.08. The summed E-state index contributed by atoms with van der Waals surface area (Å²) in [5.74, 6) is -0.946. The number of esters is 1. The van der Waals surface area contributed by atoms with E-state index in [9.17, 15) is 14.3 Å². The summed E-state index contributed by atoms with van der Waals surface area (Å²) in [6.45, 7) is 3.99. The van der Waals surface area contributed by atoms with Gasteiger partial charge in [0.25, 0.3) is 0 Å². The SMILES string of the molecule is CCOC(=O)C(C)CP(=O)(O)CCCN. The molecular formula is C9H20NO4P. The van der Waals surface area contributed by atoms with Crippen LogP contribution in [0.4, 0.5) is 0 Å². The van der Waals surface area contributed by atoms with E-state index in [2.05, 4.69) is 0 Å². The van der Waals surface area contributed by atoms with Crippen LogP contribution in [-0.4, -0.2) is 36.3 Å². The molecule has 0 aromatic rings. The van der Waals surface area contributed by atoms with Gasteiger partial charge >= 0.3 is 5.97 Å². The van der Waals surface area contributed by atoms with Crippen LogP contribution < -0.4 is 5.73 Å². The molecule has 0 radical (unpaired) electrons. The first-order chi connectivity index (χ1) is 6.93. The number of ether oxygens (including phenoxy) is 1. The maximum atomic E-state index is 11.6. The molecule has 2 unspecified atom stereocenters. The summed E-state index contributed by atoms with van der Waals surface area (Å²) in [6.07, 6.45) is 0.655. The lowest BCUT2D eigenvalue weighted by Crippen LogP contribution is -2.19. The first-order valence-corrected chi connectivity index (χ1v) is 7.13. The lowest BCUT2D eigenvalue weighted by molar-refractivity contribution is -0.146. The van der Waals surface area contributed by atoms with Crippen molar-refractivity contribution in [1.29, 1.82) is 0 Å². The van der Waals surface area contributed by atoms with Gasteiger partial charge in [0.1, 0.15) is 0 Å².